The second-order valence-corrected chi connectivity index (χ2v) is 32.3. The Hall–Kier alpha value is -1.94. The molecule has 4 unspecified atom stereocenters. The first-order chi connectivity index (χ1) is 47.3. The van der Waals surface area contributed by atoms with Crippen LogP contribution < -0.4 is 0 Å². The summed E-state index contributed by atoms with van der Waals surface area (Å²) in [6.45, 7) is 11.9. The van der Waals surface area contributed by atoms with Crippen LogP contribution in [-0.4, -0.2) is 96.7 Å². The molecule has 0 aromatic rings. The number of carbonyl (C=O) groups is 4. The molecule has 19 heteroatoms. The summed E-state index contributed by atoms with van der Waals surface area (Å²) in [4.78, 5) is 72.9. The van der Waals surface area contributed by atoms with Crippen LogP contribution in [0, 0.1) is 17.8 Å². The van der Waals surface area contributed by atoms with Crippen molar-refractivity contribution in [3.63, 3.8) is 0 Å². The highest BCUT2D eigenvalue weighted by Gasteiger charge is 2.30. The summed E-state index contributed by atoms with van der Waals surface area (Å²) in [7, 11) is -9.92. The molecule has 0 radical (unpaired) electrons. The molecule has 17 nitrogen and oxygen atoms in total. The van der Waals surface area contributed by atoms with E-state index in [0.717, 1.165) is 114 Å². The number of unbranched alkanes of at least 4 members (excludes halogenated alkanes) is 43. The Bertz CT molecular complexity index is 1910. The Balaban J connectivity index is 5.24. The lowest BCUT2D eigenvalue weighted by molar-refractivity contribution is -0.161. The van der Waals surface area contributed by atoms with Gasteiger partial charge in [-0.25, -0.2) is 9.13 Å². The molecule has 98 heavy (non-hydrogen) atoms. The van der Waals surface area contributed by atoms with Gasteiger partial charge in [0.1, 0.15) is 19.3 Å². The van der Waals surface area contributed by atoms with Gasteiger partial charge in [0.05, 0.1) is 26.4 Å². The number of ether oxygens (including phenoxy) is 4. The third-order valence-electron chi connectivity index (χ3n) is 19.1. The van der Waals surface area contributed by atoms with E-state index < -0.39 is 97.5 Å². The van der Waals surface area contributed by atoms with Crippen LogP contribution in [0.3, 0.4) is 0 Å². The van der Waals surface area contributed by atoms with Crippen LogP contribution in [0.1, 0.15) is 408 Å². The largest absolute Gasteiger partial charge is 0.472 e. The average molecular weight is 1440 g/mol. The number of carbonyl (C=O) groups excluding carboxylic acids is 4. The molecule has 0 rings (SSSR count). The summed E-state index contributed by atoms with van der Waals surface area (Å²) >= 11 is 0. The van der Waals surface area contributed by atoms with E-state index in [9.17, 15) is 43.2 Å². The van der Waals surface area contributed by atoms with E-state index in [1.54, 1.807) is 0 Å². The first-order valence-corrected chi connectivity index (χ1v) is 43.9. The average Bonchev–Trinajstić information content (AvgIpc) is 1.04. The van der Waals surface area contributed by atoms with Crippen LogP contribution in [0.4, 0.5) is 0 Å². The van der Waals surface area contributed by atoms with Crippen molar-refractivity contribution in [2.45, 2.75) is 426 Å². The van der Waals surface area contributed by atoms with Gasteiger partial charge in [-0.1, -0.05) is 357 Å². The molecule has 0 aromatic heterocycles. The molecular formula is C79H154O17P2. The number of aliphatic hydroxyl groups excluding tert-OH is 1. The molecule has 0 aliphatic carbocycles. The molecule has 7 atom stereocenters. The molecule has 582 valence electrons. The van der Waals surface area contributed by atoms with Gasteiger partial charge in [0.15, 0.2) is 12.2 Å². The Morgan fingerprint density at radius 1 is 0.296 bits per heavy atom. The molecule has 0 aliphatic rings. The van der Waals surface area contributed by atoms with E-state index in [1.165, 1.54) is 212 Å². The summed E-state index contributed by atoms with van der Waals surface area (Å²) in [6, 6.07) is 0. The van der Waals surface area contributed by atoms with Crippen LogP contribution in [0.5, 0.6) is 0 Å². The summed E-state index contributed by atoms with van der Waals surface area (Å²) in [5.74, 6) is 0.189. The number of phosphoric ester groups is 2. The summed E-state index contributed by atoms with van der Waals surface area (Å²) in [5.41, 5.74) is 0. The Morgan fingerprint density at radius 3 is 0.776 bits per heavy atom. The normalized spacial score (nSPS) is 14.6. The quantitative estimate of drug-likeness (QED) is 0.0222. The molecule has 0 fully saturated rings. The predicted molar refractivity (Wildman–Crippen MR) is 400 cm³/mol. The number of hydrogen-bond donors (Lipinski definition) is 3. The lowest BCUT2D eigenvalue weighted by Crippen LogP contribution is -2.30. The maximum Gasteiger partial charge on any atom is 0.472 e. The molecule has 0 spiro atoms. The molecule has 0 saturated carbocycles. The van der Waals surface area contributed by atoms with Gasteiger partial charge in [-0.3, -0.25) is 37.3 Å². The molecule has 0 amide bonds. The van der Waals surface area contributed by atoms with Crippen LogP contribution in [0.15, 0.2) is 0 Å². The molecule has 0 aliphatic heterocycles. The standard InChI is InChI=1S/C79H154O17P2/c1-8-11-12-13-14-15-16-17-18-19-20-21-22-23-24-27-34-39-48-55-62-78(83)95-74(66-89-76(81)60-53-46-38-33-28-25-26-31-36-43-50-57-70(4)5)68-93-97(85,86)91-64-73(80)65-92-98(87,88)94-69-75(67-90-77(82)61-54-47-42-41-45-52-59-72(7)10-3)96-79(84)63-56-49-40-35-30-29-32-37-44-51-58-71(6)9-2/h70-75,80H,8-69H2,1-7H3,(H,85,86)(H,87,88)/t71?,72?,73-,74-,75-/m1/s1. The zero-order valence-corrected chi connectivity index (χ0v) is 66.0. The van der Waals surface area contributed by atoms with Gasteiger partial charge in [0.2, 0.25) is 0 Å². The third kappa shape index (κ3) is 69.8. The molecular weight excluding hydrogens is 1280 g/mol. The van der Waals surface area contributed by atoms with Crippen molar-refractivity contribution < 1.29 is 80.2 Å². The van der Waals surface area contributed by atoms with E-state index in [2.05, 4.69) is 48.5 Å². The van der Waals surface area contributed by atoms with Gasteiger partial charge in [-0.05, 0) is 43.4 Å². The minimum Gasteiger partial charge on any atom is -0.462 e. The fourth-order valence-electron chi connectivity index (χ4n) is 12.1. The maximum absolute atomic E-state index is 13.1. The van der Waals surface area contributed by atoms with E-state index in [-0.39, 0.29) is 25.7 Å². The first-order valence-electron chi connectivity index (χ1n) is 40.9. The molecule has 0 aromatic carbocycles. The zero-order chi connectivity index (χ0) is 72.3. The van der Waals surface area contributed by atoms with Crippen molar-refractivity contribution in [3.8, 4) is 0 Å². The minimum atomic E-state index is -4.96. The van der Waals surface area contributed by atoms with Crippen molar-refractivity contribution in [2.24, 2.45) is 17.8 Å². The van der Waals surface area contributed by atoms with Crippen LogP contribution in [0.2, 0.25) is 0 Å². The maximum atomic E-state index is 13.1. The first kappa shape index (κ1) is 96.1. The summed E-state index contributed by atoms with van der Waals surface area (Å²) < 4.78 is 68.6. The number of hydrogen-bond acceptors (Lipinski definition) is 15. The van der Waals surface area contributed by atoms with Crippen molar-refractivity contribution in [1.82, 2.24) is 0 Å². The van der Waals surface area contributed by atoms with E-state index >= 15 is 0 Å². The Labute approximate surface area is 600 Å². The van der Waals surface area contributed by atoms with Gasteiger partial charge in [0.25, 0.3) is 0 Å². The predicted octanol–water partition coefficient (Wildman–Crippen LogP) is 23.4. The Kier molecular flexibility index (Phi) is 68.1. The van der Waals surface area contributed by atoms with E-state index in [4.69, 9.17) is 37.0 Å². The van der Waals surface area contributed by atoms with Gasteiger partial charge in [-0.15, -0.1) is 0 Å². The van der Waals surface area contributed by atoms with E-state index in [0.29, 0.717) is 25.7 Å². The van der Waals surface area contributed by atoms with Crippen molar-refractivity contribution >= 4 is 39.5 Å². The highest BCUT2D eigenvalue weighted by molar-refractivity contribution is 7.47. The monoisotopic (exact) mass is 1440 g/mol. The lowest BCUT2D eigenvalue weighted by atomic mass is 9.99. The molecule has 3 N–H and O–H groups in total. The molecule has 0 bridgehead atoms. The molecule has 0 heterocycles. The van der Waals surface area contributed by atoms with Gasteiger partial charge in [0, 0.05) is 25.7 Å². The second-order valence-electron chi connectivity index (χ2n) is 29.4. The number of phosphoric acid groups is 2. The fourth-order valence-corrected chi connectivity index (χ4v) is 13.6. The zero-order valence-electron chi connectivity index (χ0n) is 64.3. The Morgan fingerprint density at radius 2 is 0.520 bits per heavy atom. The van der Waals surface area contributed by atoms with Crippen LogP contribution in [-0.2, 0) is 65.4 Å². The second kappa shape index (κ2) is 69.4. The molecule has 0 saturated heterocycles. The summed E-state index contributed by atoms with van der Waals surface area (Å²) in [6.07, 6.45) is 56.9. The van der Waals surface area contributed by atoms with Crippen molar-refractivity contribution in [1.29, 1.82) is 0 Å². The number of aliphatic hydroxyl groups is 1. The van der Waals surface area contributed by atoms with Gasteiger partial charge in [-0.2, -0.15) is 0 Å². The van der Waals surface area contributed by atoms with Crippen molar-refractivity contribution in [3.05, 3.63) is 0 Å². The smallest absolute Gasteiger partial charge is 0.462 e. The SMILES string of the molecule is CCCCCCCCCCCCCCCCCCCCCCC(=O)O[C@H](COC(=O)CCCCCCCCCCCCCC(C)C)COP(=O)(O)OC[C@@H](O)COP(=O)(O)OC[C@@H](COC(=O)CCCCCCCCC(C)CC)OC(=O)CCCCCCCCCCCCC(C)CC. The number of esters is 4. The van der Waals surface area contributed by atoms with E-state index in [1.807, 2.05) is 0 Å². The van der Waals surface area contributed by atoms with Crippen LogP contribution in [0.25, 0.3) is 0 Å². The third-order valence-corrected chi connectivity index (χ3v) is 21.0. The fraction of sp³-hybridized carbons (Fsp3) is 0.949. The van der Waals surface area contributed by atoms with Gasteiger partial charge >= 0.3 is 39.5 Å². The van der Waals surface area contributed by atoms with Crippen LogP contribution >= 0.6 is 15.6 Å². The van der Waals surface area contributed by atoms with Gasteiger partial charge < -0.3 is 33.8 Å². The highest BCUT2D eigenvalue weighted by Crippen LogP contribution is 2.45. The highest BCUT2D eigenvalue weighted by atomic mass is 31.2. The minimum absolute atomic E-state index is 0.105. The lowest BCUT2D eigenvalue weighted by Gasteiger charge is -2.21. The topological polar surface area (TPSA) is 237 Å². The van der Waals surface area contributed by atoms with Crippen molar-refractivity contribution in [2.75, 3.05) is 39.6 Å². The number of rotatable bonds is 77. The summed E-state index contributed by atoms with van der Waals surface area (Å²) in [5, 5.41) is 10.6.